The average molecular weight is 210 g/mol. The Balaban J connectivity index is 2.12. The van der Waals surface area contributed by atoms with Crippen LogP contribution in [0.15, 0.2) is 18.2 Å². The molecule has 0 fully saturated rings. The Bertz CT molecular complexity index is 343. The molecule has 0 aromatic heterocycles. The van der Waals surface area contributed by atoms with Crippen molar-refractivity contribution in [3.63, 3.8) is 0 Å². The second kappa shape index (κ2) is 4.48. The van der Waals surface area contributed by atoms with Crippen LogP contribution in [0.4, 0.5) is 5.69 Å². The highest BCUT2D eigenvalue weighted by Gasteiger charge is 2.22. The molecule has 5 nitrogen and oxygen atoms in total. The van der Waals surface area contributed by atoms with E-state index in [4.69, 9.17) is 20.4 Å². The maximum Gasteiger partial charge on any atom is 0.161 e. The largest absolute Gasteiger partial charge is 0.491 e. The summed E-state index contributed by atoms with van der Waals surface area (Å²) in [5, 5.41) is 8.64. The highest BCUT2D eigenvalue weighted by atomic mass is 16.7. The Morgan fingerprint density at radius 3 is 3.20 bits per heavy atom. The molecule has 1 aromatic rings. The van der Waals surface area contributed by atoms with E-state index >= 15 is 0 Å². The summed E-state index contributed by atoms with van der Waals surface area (Å²) in [6, 6.07) is 5.59. The lowest BCUT2D eigenvalue weighted by Crippen LogP contribution is -2.08. The topological polar surface area (TPSA) is 76.7 Å². The number of nitrogens with one attached hydrogen (secondary N) is 1. The normalized spacial score (nSPS) is 18.4. The highest BCUT2D eigenvalue weighted by Crippen LogP contribution is 2.36. The number of nitrogens with two attached hydrogens (primary N) is 1. The van der Waals surface area contributed by atoms with Gasteiger partial charge in [-0.15, -0.1) is 0 Å². The second-order valence-corrected chi connectivity index (χ2v) is 3.29. The Hall–Kier alpha value is -1.30. The summed E-state index contributed by atoms with van der Waals surface area (Å²) in [4.78, 5) is 5.07. The molecule has 4 N–H and O–H groups in total. The molecule has 2 rings (SSSR count). The van der Waals surface area contributed by atoms with Crippen molar-refractivity contribution in [3.8, 4) is 5.75 Å². The molecule has 1 aromatic carbocycles. The summed E-state index contributed by atoms with van der Waals surface area (Å²) in [6.07, 6.45) is 0.165. The number of benzene rings is 1. The molecule has 5 heteroatoms. The summed E-state index contributed by atoms with van der Waals surface area (Å²) in [6.45, 7) is 0.600. The number of ether oxygens (including phenoxy) is 1. The average Bonchev–Trinajstić information content (AvgIpc) is 2.62. The summed E-state index contributed by atoms with van der Waals surface area (Å²) < 4.78 is 5.48. The maximum absolute atomic E-state index is 8.64. The minimum absolute atomic E-state index is 0.123. The summed E-state index contributed by atoms with van der Waals surface area (Å²) in [5.41, 5.74) is 10.1. The minimum atomic E-state index is -0.443. The van der Waals surface area contributed by atoms with E-state index in [0.29, 0.717) is 18.8 Å². The quantitative estimate of drug-likeness (QED) is 0.640. The van der Waals surface area contributed by atoms with E-state index in [1.807, 2.05) is 18.2 Å². The van der Waals surface area contributed by atoms with Gasteiger partial charge < -0.3 is 15.6 Å². The highest BCUT2D eigenvalue weighted by molar-refractivity contribution is 5.63. The van der Waals surface area contributed by atoms with Crippen LogP contribution in [0.1, 0.15) is 18.2 Å². The molecular weight excluding hydrogens is 196 g/mol. The molecule has 0 bridgehead atoms. The molecule has 1 unspecified atom stereocenters. The van der Waals surface area contributed by atoms with E-state index in [0.717, 1.165) is 11.3 Å². The maximum atomic E-state index is 8.64. The number of para-hydroxylation sites is 1. The third-order valence-corrected chi connectivity index (χ3v) is 2.21. The van der Waals surface area contributed by atoms with E-state index in [1.54, 1.807) is 0 Å². The van der Waals surface area contributed by atoms with E-state index in [9.17, 15) is 0 Å². The van der Waals surface area contributed by atoms with Crippen LogP contribution in [0.3, 0.4) is 0 Å². The number of anilines is 1. The molecule has 82 valence electrons. The molecule has 0 saturated carbocycles. The Morgan fingerprint density at radius 2 is 2.40 bits per heavy atom. The van der Waals surface area contributed by atoms with Crippen LogP contribution in [-0.4, -0.2) is 18.3 Å². The molecular formula is C10H14N2O3. The van der Waals surface area contributed by atoms with Crippen LogP contribution in [0.5, 0.6) is 5.75 Å². The van der Waals surface area contributed by atoms with Crippen LogP contribution in [0.2, 0.25) is 0 Å². The van der Waals surface area contributed by atoms with Crippen LogP contribution >= 0.6 is 0 Å². The van der Waals surface area contributed by atoms with Gasteiger partial charge in [0.15, 0.2) is 6.23 Å². The first kappa shape index (κ1) is 10.2. The fourth-order valence-corrected chi connectivity index (χ4v) is 1.45. The second-order valence-electron chi connectivity index (χ2n) is 3.29. The van der Waals surface area contributed by atoms with Gasteiger partial charge in [0, 0.05) is 18.6 Å². The first-order valence-electron chi connectivity index (χ1n) is 4.86. The lowest BCUT2D eigenvalue weighted by atomic mass is 10.1. The van der Waals surface area contributed by atoms with E-state index < -0.39 is 6.23 Å². The van der Waals surface area contributed by atoms with Crippen LogP contribution < -0.4 is 16.0 Å². The summed E-state index contributed by atoms with van der Waals surface area (Å²) >= 11 is 0. The molecule has 0 aliphatic carbocycles. The van der Waals surface area contributed by atoms with Crippen LogP contribution in [-0.2, 0) is 4.84 Å². The van der Waals surface area contributed by atoms with Crippen molar-refractivity contribution in [1.29, 1.82) is 0 Å². The summed E-state index contributed by atoms with van der Waals surface area (Å²) in [7, 11) is 0. The molecule has 15 heavy (non-hydrogen) atoms. The van der Waals surface area contributed by atoms with Gasteiger partial charge >= 0.3 is 0 Å². The molecule has 1 heterocycles. The van der Waals surface area contributed by atoms with Crippen molar-refractivity contribution in [2.75, 3.05) is 18.7 Å². The zero-order valence-corrected chi connectivity index (χ0v) is 8.27. The Labute approximate surface area is 87.8 Å². The van der Waals surface area contributed by atoms with Gasteiger partial charge in [-0.25, -0.2) is 0 Å². The van der Waals surface area contributed by atoms with Gasteiger partial charge in [0.25, 0.3) is 0 Å². The van der Waals surface area contributed by atoms with Crippen molar-refractivity contribution >= 4 is 5.69 Å². The smallest absolute Gasteiger partial charge is 0.161 e. The Morgan fingerprint density at radius 1 is 1.53 bits per heavy atom. The van der Waals surface area contributed by atoms with Gasteiger partial charge in [0.1, 0.15) is 11.4 Å². The first-order valence-corrected chi connectivity index (χ1v) is 4.86. The van der Waals surface area contributed by atoms with E-state index in [-0.39, 0.29) is 6.61 Å². The lowest BCUT2D eigenvalue weighted by Gasteiger charge is -2.08. The van der Waals surface area contributed by atoms with Crippen molar-refractivity contribution < 1.29 is 14.7 Å². The number of aliphatic hydroxyl groups excluding tert-OH is 1. The Kier molecular flexibility index (Phi) is 3.05. The van der Waals surface area contributed by atoms with Crippen molar-refractivity contribution in [1.82, 2.24) is 0 Å². The molecule has 0 spiro atoms. The van der Waals surface area contributed by atoms with Gasteiger partial charge in [-0.2, -0.15) is 0 Å². The van der Waals surface area contributed by atoms with Gasteiger partial charge in [0.2, 0.25) is 0 Å². The standard InChI is InChI=1S/C10H14N2O3/c11-10-7-3-1-4-8(9(7)12-15-10)14-6-2-5-13/h1,3-4,10,12-13H,2,5-6,11H2. The van der Waals surface area contributed by atoms with E-state index in [1.165, 1.54) is 0 Å². The lowest BCUT2D eigenvalue weighted by molar-refractivity contribution is 0.127. The number of rotatable bonds is 4. The van der Waals surface area contributed by atoms with Crippen molar-refractivity contribution in [2.24, 2.45) is 5.73 Å². The van der Waals surface area contributed by atoms with E-state index in [2.05, 4.69) is 5.48 Å². The third-order valence-electron chi connectivity index (χ3n) is 2.21. The molecule has 1 aliphatic rings. The molecule has 1 aliphatic heterocycles. The molecule has 0 saturated heterocycles. The van der Waals surface area contributed by atoms with Gasteiger partial charge in [-0.3, -0.25) is 10.3 Å². The van der Waals surface area contributed by atoms with Gasteiger partial charge in [-0.1, -0.05) is 12.1 Å². The predicted octanol–water partition coefficient (Wildman–Crippen LogP) is 0.762. The molecule has 0 amide bonds. The minimum Gasteiger partial charge on any atom is -0.491 e. The van der Waals surface area contributed by atoms with Crippen molar-refractivity contribution in [3.05, 3.63) is 23.8 Å². The number of aliphatic hydroxyl groups is 1. The summed E-state index contributed by atoms with van der Waals surface area (Å²) in [5.74, 6) is 0.703. The zero-order chi connectivity index (χ0) is 10.7. The van der Waals surface area contributed by atoms with Crippen LogP contribution in [0, 0.1) is 0 Å². The predicted molar refractivity (Wildman–Crippen MR) is 55.3 cm³/mol. The third kappa shape index (κ3) is 2.04. The van der Waals surface area contributed by atoms with Crippen LogP contribution in [0.25, 0.3) is 0 Å². The van der Waals surface area contributed by atoms with Gasteiger partial charge in [-0.05, 0) is 6.07 Å². The van der Waals surface area contributed by atoms with Gasteiger partial charge in [0.05, 0.1) is 6.61 Å². The number of hydrogen-bond acceptors (Lipinski definition) is 5. The SMILES string of the molecule is NC1ONc2c(OCCCO)cccc21. The monoisotopic (exact) mass is 210 g/mol. The number of hydrogen-bond donors (Lipinski definition) is 3. The fraction of sp³-hybridized carbons (Fsp3) is 0.400. The van der Waals surface area contributed by atoms with Crippen molar-refractivity contribution in [2.45, 2.75) is 12.6 Å². The number of fused-ring (bicyclic) bond motifs is 1. The molecule has 1 atom stereocenters. The zero-order valence-electron chi connectivity index (χ0n) is 8.27. The first-order chi connectivity index (χ1) is 7.33. The fourth-order valence-electron chi connectivity index (χ4n) is 1.45. The molecule has 0 radical (unpaired) electrons.